The van der Waals surface area contributed by atoms with Crippen LogP contribution < -0.4 is 5.73 Å². The number of pyridine rings is 1. The van der Waals surface area contributed by atoms with Gasteiger partial charge >= 0.3 is 0 Å². The fraction of sp³-hybridized carbons (Fsp3) is 0.0769. The van der Waals surface area contributed by atoms with Crippen LogP contribution in [0.25, 0.3) is 17.0 Å². The zero-order valence-corrected chi connectivity index (χ0v) is 10.3. The second kappa shape index (κ2) is 4.40. The number of nitrogens with two attached hydrogens (primary N) is 1. The van der Waals surface area contributed by atoms with Crippen LogP contribution in [-0.2, 0) is 6.54 Å². The zero-order chi connectivity index (χ0) is 12.5. The van der Waals surface area contributed by atoms with Crippen molar-refractivity contribution < 1.29 is 0 Å². The average Bonchev–Trinajstić information content (AvgIpc) is 2.82. The summed E-state index contributed by atoms with van der Waals surface area (Å²) in [5, 5.41) is 9.08. The number of hydrogen-bond donors (Lipinski definition) is 1. The number of benzene rings is 1. The summed E-state index contributed by atoms with van der Waals surface area (Å²) in [7, 11) is 0. The Balaban J connectivity index is 2.25. The Hall–Kier alpha value is -1.91. The van der Waals surface area contributed by atoms with Gasteiger partial charge in [0.15, 0.2) is 11.5 Å². The highest BCUT2D eigenvalue weighted by Gasteiger charge is 2.10. The van der Waals surface area contributed by atoms with Crippen molar-refractivity contribution in [3.63, 3.8) is 0 Å². The number of fused-ring (bicyclic) bond motifs is 1. The van der Waals surface area contributed by atoms with Gasteiger partial charge in [0.1, 0.15) is 0 Å². The van der Waals surface area contributed by atoms with Gasteiger partial charge in [-0.3, -0.25) is 4.40 Å². The Morgan fingerprint density at radius 3 is 2.83 bits per heavy atom. The lowest BCUT2D eigenvalue weighted by Gasteiger charge is -2.02. The zero-order valence-electron chi connectivity index (χ0n) is 9.55. The average molecular weight is 259 g/mol. The number of aromatic nitrogens is 3. The molecule has 5 heteroatoms. The Morgan fingerprint density at radius 2 is 2.06 bits per heavy atom. The van der Waals surface area contributed by atoms with Gasteiger partial charge in [-0.15, -0.1) is 10.2 Å². The number of hydrogen-bond acceptors (Lipinski definition) is 3. The van der Waals surface area contributed by atoms with Gasteiger partial charge in [-0.25, -0.2) is 0 Å². The van der Waals surface area contributed by atoms with E-state index in [2.05, 4.69) is 10.2 Å². The van der Waals surface area contributed by atoms with E-state index in [1.807, 2.05) is 47.0 Å². The van der Waals surface area contributed by atoms with Gasteiger partial charge in [0.25, 0.3) is 0 Å². The van der Waals surface area contributed by atoms with Crippen LogP contribution in [0, 0.1) is 0 Å². The lowest BCUT2D eigenvalue weighted by atomic mass is 10.2. The van der Waals surface area contributed by atoms with Gasteiger partial charge in [0.2, 0.25) is 0 Å². The molecule has 2 N–H and O–H groups in total. The molecule has 90 valence electrons. The van der Waals surface area contributed by atoms with Gasteiger partial charge in [0, 0.05) is 28.9 Å². The smallest absolute Gasteiger partial charge is 0.168 e. The summed E-state index contributed by atoms with van der Waals surface area (Å²) in [5.74, 6) is 0.766. The van der Waals surface area contributed by atoms with E-state index in [9.17, 15) is 0 Å². The molecule has 0 aliphatic heterocycles. The van der Waals surface area contributed by atoms with Gasteiger partial charge in [-0.1, -0.05) is 29.8 Å². The summed E-state index contributed by atoms with van der Waals surface area (Å²) in [4.78, 5) is 0. The van der Waals surface area contributed by atoms with Crippen LogP contribution in [0.2, 0.25) is 5.02 Å². The Bertz CT molecular complexity index is 705. The number of nitrogens with zero attached hydrogens (tertiary/aromatic N) is 3. The minimum Gasteiger partial charge on any atom is -0.326 e. The largest absolute Gasteiger partial charge is 0.326 e. The molecule has 0 atom stereocenters. The normalized spacial score (nSPS) is 11.0. The van der Waals surface area contributed by atoms with E-state index < -0.39 is 0 Å². The molecule has 0 amide bonds. The van der Waals surface area contributed by atoms with E-state index in [4.69, 9.17) is 17.3 Å². The molecule has 0 saturated heterocycles. The minimum atomic E-state index is 0.442. The van der Waals surface area contributed by atoms with E-state index in [-0.39, 0.29) is 0 Å². The van der Waals surface area contributed by atoms with Crippen molar-refractivity contribution in [2.45, 2.75) is 6.54 Å². The molecule has 0 aliphatic rings. The van der Waals surface area contributed by atoms with Gasteiger partial charge in [-0.05, 0) is 18.2 Å². The van der Waals surface area contributed by atoms with Gasteiger partial charge in [-0.2, -0.15) is 0 Å². The van der Waals surface area contributed by atoms with Crippen LogP contribution in [0.15, 0.2) is 42.6 Å². The molecular weight excluding hydrogens is 248 g/mol. The molecule has 0 radical (unpaired) electrons. The number of halogens is 1. The predicted molar refractivity (Wildman–Crippen MR) is 71.3 cm³/mol. The van der Waals surface area contributed by atoms with Gasteiger partial charge in [0.05, 0.1) is 0 Å². The van der Waals surface area contributed by atoms with Crippen molar-refractivity contribution in [1.29, 1.82) is 0 Å². The Labute approximate surface area is 109 Å². The monoisotopic (exact) mass is 258 g/mol. The molecule has 0 bridgehead atoms. The second-order valence-corrected chi connectivity index (χ2v) is 4.40. The summed E-state index contributed by atoms with van der Waals surface area (Å²) < 4.78 is 1.92. The standard InChI is InChI=1S/C13H11ClN4/c14-11-5-1-3-9(7-11)12-16-17-13-10(8-15)4-2-6-18(12)13/h1-7H,8,15H2. The van der Waals surface area contributed by atoms with Crippen molar-refractivity contribution in [3.05, 3.63) is 53.2 Å². The summed E-state index contributed by atoms with van der Waals surface area (Å²) in [6.45, 7) is 0.442. The van der Waals surface area contributed by atoms with E-state index >= 15 is 0 Å². The van der Waals surface area contributed by atoms with Crippen molar-refractivity contribution >= 4 is 17.2 Å². The van der Waals surface area contributed by atoms with Crippen molar-refractivity contribution in [1.82, 2.24) is 14.6 Å². The predicted octanol–water partition coefficient (Wildman–Crippen LogP) is 2.51. The highest BCUT2D eigenvalue weighted by molar-refractivity contribution is 6.30. The topological polar surface area (TPSA) is 56.2 Å². The van der Waals surface area contributed by atoms with Gasteiger partial charge < -0.3 is 5.73 Å². The maximum Gasteiger partial charge on any atom is 0.168 e. The summed E-state index contributed by atoms with van der Waals surface area (Å²) in [6.07, 6.45) is 1.92. The molecule has 0 spiro atoms. The first kappa shape index (κ1) is 11.2. The fourth-order valence-electron chi connectivity index (χ4n) is 1.96. The van der Waals surface area contributed by atoms with Crippen molar-refractivity contribution in [2.24, 2.45) is 5.73 Å². The maximum absolute atomic E-state index is 5.99. The minimum absolute atomic E-state index is 0.442. The molecule has 0 unspecified atom stereocenters. The van der Waals surface area contributed by atoms with Crippen LogP contribution in [0.5, 0.6) is 0 Å². The molecule has 1 aromatic carbocycles. The molecule has 3 rings (SSSR count). The Kier molecular flexibility index (Phi) is 2.74. The van der Waals surface area contributed by atoms with E-state index in [1.165, 1.54) is 0 Å². The molecule has 3 aromatic rings. The summed E-state index contributed by atoms with van der Waals surface area (Å²) in [6, 6.07) is 11.4. The summed E-state index contributed by atoms with van der Waals surface area (Å²) >= 11 is 5.99. The third kappa shape index (κ3) is 1.75. The summed E-state index contributed by atoms with van der Waals surface area (Å²) in [5.41, 5.74) is 8.38. The SMILES string of the molecule is NCc1cccn2c(-c3cccc(Cl)c3)nnc12. The van der Waals surface area contributed by atoms with Crippen molar-refractivity contribution in [2.75, 3.05) is 0 Å². The van der Waals surface area contributed by atoms with Crippen molar-refractivity contribution in [3.8, 4) is 11.4 Å². The highest BCUT2D eigenvalue weighted by atomic mass is 35.5. The number of rotatable bonds is 2. The van der Waals surface area contributed by atoms with Crippen LogP contribution in [-0.4, -0.2) is 14.6 Å². The highest BCUT2D eigenvalue weighted by Crippen LogP contribution is 2.22. The van der Waals surface area contributed by atoms with Crippen LogP contribution in [0.4, 0.5) is 0 Å². The Morgan fingerprint density at radius 1 is 1.17 bits per heavy atom. The molecule has 18 heavy (non-hydrogen) atoms. The van der Waals surface area contributed by atoms with Crippen LogP contribution in [0.3, 0.4) is 0 Å². The third-order valence-electron chi connectivity index (χ3n) is 2.82. The maximum atomic E-state index is 5.99. The third-order valence-corrected chi connectivity index (χ3v) is 3.05. The molecule has 0 saturated carbocycles. The van der Waals surface area contributed by atoms with Crippen LogP contribution >= 0.6 is 11.6 Å². The van der Waals surface area contributed by atoms with E-state index in [0.717, 1.165) is 22.6 Å². The lowest BCUT2D eigenvalue weighted by molar-refractivity contribution is 1.04. The second-order valence-electron chi connectivity index (χ2n) is 3.97. The molecular formula is C13H11ClN4. The van der Waals surface area contributed by atoms with E-state index in [1.54, 1.807) is 0 Å². The first-order valence-corrected chi connectivity index (χ1v) is 5.96. The molecule has 2 heterocycles. The quantitative estimate of drug-likeness (QED) is 0.768. The first-order chi connectivity index (χ1) is 8.79. The molecule has 4 nitrogen and oxygen atoms in total. The molecule has 0 aliphatic carbocycles. The lowest BCUT2D eigenvalue weighted by Crippen LogP contribution is -2.00. The first-order valence-electron chi connectivity index (χ1n) is 5.58. The van der Waals surface area contributed by atoms with Crippen LogP contribution in [0.1, 0.15) is 5.56 Å². The fourth-order valence-corrected chi connectivity index (χ4v) is 2.15. The van der Waals surface area contributed by atoms with E-state index in [0.29, 0.717) is 11.6 Å². The molecule has 2 aromatic heterocycles. The molecule has 0 fully saturated rings.